The summed E-state index contributed by atoms with van der Waals surface area (Å²) < 4.78 is 0. The number of rotatable bonds is 0. The minimum atomic E-state index is -0.697. The monoisotopic (exact) mass is 300 g/mol. The van der Waals surface area contributed by atoms with Gasteiger partial charge in [-0.25, -0.2) is 4.79 Å². The van der Waals surface area contributed by atoms with Crippen molar-refractivity contribution in [2.75, 3.05) is 23.9 Å². The van der Waals surface area contributed by atoms with E-state index in [2.05, 4.69) is 9.97 Å². The van der Waals surface area contributed by atoms with Gasteiger partial charge in [-0.15, -0.1) is 0 Å². The first-order valence-electron chi connectivity index (χ1n) is 6.81. The molecule has 0 spiro atoms. The van der Waals surface area contributed by atoms with Gasteiger partial charge in [0.2, 0.25) is 0 Å². The van der Waals surface area contributed by atoms with Gasteiger partial charge in [-0.1, -0.05) is 0 Å². The van der Waals surface area contributed by atoms with Crippen LogP contribution in [0.15, 0.2) is 21.7 Å². The summed E-state index contributed by atoms with van der Waals surface area (Å²) in [6, 6.07) is 3.82. The highest BCUT2D eigenvalue weighted by molar-refractivity contribution is 6.12. The van der Waals surface area contributed by atoms with E-state index in [0.717, 1.165) is 16.8 Å². The summed E-state index contributed by atoms with van der Waals surface area (Å²) in [6.07, 6.45) is 0. The van der Waals surface area contributed by atoms with Gasteiger partial charge in [0.05, 0.1) is 11.4 Å². The van der Waals surface area contributed by atoms with E-state index in [4.69, 9.17) is 0 Å². The lowest BCUT2D eigenvalue weighted by Gasteiger charge is -2.23. The zero-order valence-corrected chi connectivity index (χ0v) is 12.8. The molecule has 1 aliphatic heterocycles. The molecule has 7 heteroatoms. The molecule has 0 saturated heterocycles. The van der Waals surface area contributed by atoms with Crippen LogP contribution in [0.25, 0.3) is 0 Å². The van der Waals surface area contributed by atoms with Crippen LogP contribution < -0.4 is 21.0 Å². The Labute approximate surface area is 126 Å². The zero-order chi connectivity index (χ0) is 16.2. The van der Waals surface area contributed by atoms with Crippen LogP contribution in [0.3, 0.4) is 0 Å². The third-order valence-electron chi connectivity index (χ3n) is 4.08. The number of aromatic amines is 2. The fourth-order valence-electron chi connectivity index (χ4n) is 2.68. The Kier molecular flexibility index (Phi) is 2.94. The second kappa shape index (κ2) is 4.59. The molecule has 2 aromatic rings. The van der Waals surface area contributed by atoms with Gasteiger partial charge in [0.25, 0.3) is 11.5 Å². The number of carbonyl (C=O) groups excluding carboxylic acids is 1. The lowest BCUT2D eigenvalue weighted by Crippen LogP contribution is -2.33. The number of aromatic nitrogens is 2. The molecule has 3 rings (SSSR count). The smallest absolute Gasteiger partial charge is 0.326 e. The summed E-state index contributed by atoms with van der Waals surface area (Å²) in [4.78, 5) is 44.0. The van der Waals surface area contributed by atoms with E-state index in [0.29, 0.717) is 5.69 Å². The molecule has 2 N–H and O–H groups in total. The lowest BCUT2D eigenvalue weighted by atomic mass is 10.1. The quantitative estimate of drug-likeness (QED) is 0.760. The Balaban J connectivity index is 2.42. The third-order valence-corrected chi connectivity index (χ3v) is 4.08. The molecule has 114 valence electrons. The number of hydrogen-bond acceptors (Lipinski definition) is 4. The molecule has 0 saturated carbocycles. The fraction of sp³-hybridized carbons (Fsp3) is 0.267. The second-order valence-corrected chi connectivity index (χ2v) is 5.48. The van der Waals surface area contributed by atoms with Crippen molar-refractivity contribution in [3.8, 4) is 0 Å². The van der Waals surface area contributed by atoms with Crippen LogP contribution in [0.4, 0.5) is 17.1 Å². The summed E-state index contributed by atoms with van der Waals surface area (Å²) in [5.41, 5.74) is 2.35. The third kappa shape index (κ3) is 1.86. The Morgan fingerprint density at radius 2 is 1.41 bits per heavy atom. The average molecular weight is 300 g/mol. The van der Waals surface area contributed by atoms with E-state index in [1.807, 2.05) is 26.0 Å². The lowest BCUT2D eigenvalue weighted by molar-refractivity contribution is 0.0989. The number of benzene rings is 1. The maximum absolute atomic E-state index is 12.6. The van der Waals surface area contributed by atoms with Crippen LogP contribution in [-0.4, -0.2) is 30.0 Å². The largest absolute Gasteiger partial charge is 0.337 e. The van der Waals surface area contributed by atoms with Crippen molar-refractivity contribution in [3.63, 3.8) is 0 Å². The molecular weight excluding hydrogens is 284 g/mol. The molecule has 1 amide bonds. The van der Waals surface area contributed by atoms with Crippen LogP contribution in [0.2, 0.25) is 0 Å². The summed E-state index contributed by atoms with van der Waals surface area (Å²) >= 11 is 0. The van der Waals surface area contributed by atoms with Crippen LogP contribution >= 0.6 is 0 Å². The molecule has 0 atom stereocenters. The molecule has 22 heavy (non-hydrogen) atoms. The van der Waals surface area contributed by atoms with Crippen molar-refractivity contribution < 1.29 is 4.79 Å². The van der Waals surface area contributed by atoms with E-state index < -0.39 is 17.2 Å². The first-order chi connectivity index (χ1) is 10.3. The molecule has 1 aromatic carbocycles. The number of amides is 1. The predicted octanol–water partition coefficient (Wildman–Crippen LogP) is 1.04. The van der Waals surface area contributed by atoms with Crippen molar-refractivity contribution in [2.45, 2.75) is 13.8 Å². The van der Waals surface area contributed by atoms with E-state index >= 15 is 0 Å². The summed E-state index contributed by atoms with van der Waals surface area (Å²) in [5.74, 6) is -0.424. The number of nitrogens with zero attached hydrogens (tertiary/aromatic N) is 2. The molecule has 0 fully saturated rings. The van der Waals surface area contributed by atoms with Gasteiger partial charge in [-0.05, 0) is 37.1 Å². The molecule has 0 aliphatic carbocycles. The van der Waals surface area contributed by atoms with Gasteiger partial charge in [-0.3, -0.25) is 14.6 Å². The SMILES string of the molecule is Cc1cc2c(cc1C)N(C)c1c([nH]c(=O)[nH]c1=O)C(=O)N2C. The topological polar surface area (TPSA) is 89.3 Å². The second-order valence-electron chi connectivity index (χ2n) is 5.48. The van der Waals surface area contributed by atoms with Gasteiger partial charge in [-0.2, -0.15) is 0 Å². The normalized spacial score (nSPS) is 13.7. The number of anilines is 3. The molecule has 7 nitrogen and oxygen atoms in total. The van der Waals surface area contributed by atoms with Crippen molar-refractivity contribution >= 4 is 23.0 Å². The van der Waals surface area contributed by atoms with Crippen LogP contribution in [0, 0.1) is 13.8 Å². The number of H-pyrrole nitrogens is 2. The molecule has 0 unspecified atom stereocenters. The van der Waals surface area contributed by atoms with E-state index in [9.17, 15) is 14.4 Å². The minimum absolute atomic E-state index is 0.00902. The molecule has 1 aliphatic rings. The molecular formula is C15H16N4O3. The number of hydrogen-bond donors (Lipinski definition) is 2. The van der Waals surface area contributed by atoms with Gasteiger partial charge in [0.15, 0.2) is 0 Å². The number of carbonyl (C=O) groups is 1. The van der Waals surface area contributed by atoms with Crippen LogP contribution in [0.5, 0.6) is 0 Å². The van der Waals surface area contributed by atoms with E-state index in [-0.39, 0.29) is 11.4 Å². The summed E-state index contributed by atoms with van der Waals surface area (Å²) in [6.45, 7) is 3.93. The summed E-state index contributed by atoms with van der Waals surface area (Å²) in [5, 5.41) is 0. The Bertz CT molecular complexity index is 910. The summed E-state index contributed by atoms with van der Waals surface area (Å²) in [7, 11) is 3.32. The van der Waals surface area contributed by atoms with Gasteiger partial charge in [0.1, 0.15) is 11.4 Å². The zero-order valence-electron chi connectivity index (χ0n) is 12.8. The Morgan fingerprint density at radius 3 is 2.00 bits per heavy atom. The Hall–Kier alpha value is -2.83. The standard InChI is InChI=1S/C15H16N4O3/c1-7-5-9-10(6-8(7)2)19(4)14(21)11-12(18(9)3)13(20)17-15(22)16-11/h5-6H,1-4H3,(H2,16,17,20,22). The molecule has 2 heterocycles. The van der Waals surface area contributed by atoms with Crippen molar-refractivity contribution in [1.29, 1.82) is 0 Å². The van der Waals surface area contributed by atoms with Crippen molar-refractivity contribution in [2.24, 2.45) is 0 Å². The first-order valence-corrected chi connectivity index (χ1v) is 6.81. The molecule has 0 bridgehead atoms. The number of nitrogens with one attached hydrogen (secondary N) is 2. The van der Waals surface area contributed by atoms with Crippen LogP contribution in [0.1, 0.15) is 21.6 Å². The molecule has 0 radical (unpaired) electrons. The first kappa shape index (κ1) is 14.1. The van der Waals surface area contributed by atoms with Gasteiger partial charge < -0.3 is 14.8 Å². The van der Waals surface area contributed by atoms with Crippen LogP contribution in [-0.2, 0) is 0 Å². The maximum atomic E-state index is 12.6. The van der Waals surface area contributed by atoms with Gasteiger partial charge in [0, 0.05) is 14.1 Å². The van der Waals surface area contributed by atoms with E-state index in [1.54, 1.807) is 19.0 Å². The highest BCUT2D eigenvalue weighted by Crippen LogP contribution is 2.38. The predicted molar refractivity (Wildman–Crippen MR) is 84.4 cm³/mol. The number of fused-ring (bicyclic) bond motifs is 2. The molecule has 1 aromatic heterocycles. The van der Waals surface area contributed by atoms with Crippen molar-refractivity contribution in [1.82, 2.24) is 9.97 Å². The Morgan fingerprint density at radius 1 is 0.864 bits per heavy atom. The van der Waals surface area contributed by atoms with Crippen molar-refractivity contribution in [3.05, 3.63) is 49.8 Å². The van der Waals surface area contributed by atoms with E-state index in [1.165, 1.54) is 4.90 Å². The fourth-order valence-corrected chi connectivity index (χ4v) is 2.68. The highest BCUT2D eigenvalue weighted by Gasteiger charge is 2.30. The highest BCUT2D eigenvalue weighted by atomic mass is 16.2. The average Bonchev–Trinajstić information content (AvgIpc) is 2.52. The van der Waals surface area contributed by atoms with Gasteiger partial charge >= 0.3 is 5.69 Å². The maximum Gasteiger partial charge on any atom is 0.326 e. The minimum Gasteiger partial charge on any atom is -0.337 e. The number of aryl methyl sites for hydroxylation is 2.